The van der Waals surface area contributed by atoms with Crippen molar-refractivity contribution in [3.63, 3.8) is 0 Å². The fraction of sp³-hybridized carbons (Fsp3) is 0.400. The molecule has 1 aliphatic heterocycles. The minimum absolute atomic E-state index is 0.0992. The SMILES string of the molecule is Cc1ccc(NC(=O)[C@H](Cc2ccccc2)N2C(=O)[C@@H]3[C@H]4C[C@@H]([C@H](Br)[C@H]4Br)[C@@H]3C2=O)cc1Cl. The summed E-state index contributed by atoms with van der Waals surface area (Å²) in [5.41, 5.74) is 2.32. The van der Waals surface area contributed by atoms with Gasteiger partial charge in [0, 0.05) is 26.8 Å². The highest BCUT2D eigenvalue weighted by molar-refractivity contribution is 9.12. The van der Waals surface area contributed by atoms with Gasteiger partial charge in [0.15, 0.2) is 0 Å². The Balaban J connectivity index is 1.47. The molecular weight excluding hydrogens is 572 g/mol. The molecule has 2 saturated carbocycles. The van der Waals surface area contributed by atoms with Gasteiger partial charge in [0.2, 0.25) is 17.7 Å². The molecular formula is C25H23Br2ClN2O3. The van der Waals surface area contributed by atoms with Crippen LogP contribution in [0.1, 0.15) is 17.5 Å². The number of alkyl halides is 2. The normalized spacial score (nSPS) is 31.1. The predicted octanol–water partition coefficient (Wildman–Crippen LogP) is 4.98. The van der Waals surface area contributed by atoms with Gasteiger partial charge < -0.3 is 5.32 Å². The maximum atomic E-state index is 13.6. The quantitative estimate of drug-likeness (QED) is 0.393. The predicted molar refractivity (Wildman–Crippen MR) is 135 cm³/mol. The van der Waals surface area contributed by atoms with Gasteiger partial charge in [-0.05, 0) is 48.4 Å². The summed E-state index contributed by atoms with van der Waals surface area (Å²) in [6.07, 6.45) is 1.11. The van der Waals surface area contributed by atoms with Crippen LogP contribution in [0.3, 0.4) is 0 Å². The molecule has 0 aromatic heterocycles. The second kappa shape index (κ2) is 8.82. The number of likely N-dealkylation sites (tertiary alicyclic amines) is 1. The lowest BCUT2D eigenvalue weighted by molar-refractivity contribution is -0.147. The zero-order chi connectivity index (χ0) is 23.4. The molecule has 33 heavy (non-hydrogen) atoms. The molecule has 5 nitrogen and oxygen atoms in total. The van der Waals surface area contributed by atoms with E-state index >= 15 is 0 Å². The van der Waals surface area contributed by atoms with Crippen LogP contribution in [0.2, 0.25) is 5.02 Å². The topological polar surface area (TPSA) is 66.5 Å². The van der Waals surface area contributed by atoms with E-state index < -0.39 is 11.9 Å². The standard InChI is InChI=1S/C25H23Br2ClN2O3/c1-12-7-8-14(10-17(12)28)29-23(31)18(9-13-5-3-2-4-6-13)30-24(32)19-15-11-16(20(19)25(30)33)22(27)21(15)26/h2-8,10,15-16,18-22H,9,11H2,1H3,(H,29,31)/t15-,16-,18+,19-,20+,21+,22+/m1/s1. The first-order valence-electron chi connectivity index (χ1n) is 11.0. The van der Waals surface area contributed by atoms with E-state index in [9.17, 15) is 14.4 Å². The molecule has 2 aromatic carbocycles. The van der Waals surface area contributed by atoms with Crippen LogP contribution >= 0.6 is 43.5 Å². The molecule has 1 heterocycles. The van der Waals surface area contributed by atoms with E-state index in [0.29, 0.717) is 10.7 Å². The molecule has 1 saturated heterocycles. The fourth-order valence-corrected chi connectivity index (χ4v) is 7.77. The average Bonchev–Trinajstić information content (AvgIpc) is 3.40. The van der Waals surface area contributed by atoms with Gasteiger partial charge in [-0.15, -0.1) is 0 Å². The summed E-state index contributed by atoms with van der Waals surface area (Å²) in [6, 6.07) is 13.8. The second-order valence-corrected chi connectivity index (χ2v) is 11.7. The van der Waals surface area contributed by atoms with Crippen molar-refractivity contribution in [3.8, 4) is 0 Å². The summed E-state index contributed by atoms with van der Waals surface area (Å²) < 4.78 is 0. The zero-order valence-corrected chi connectivity index (χ0v) is 21.8. The van der Waals surface area contributed by atoms with Gasteiger partial charge >= 0.3 is 0 Å². The smallest absolute Gasteiger partial charge is 0.248 e. The number of amides is 3. The van der Waals surface area contributed by atoms with E-state index in [-0.39, 0.29) is 51.6 Å². The number of nitrogens with one attached hydrogen (secondary N) is 1. The van der Waals surface area contributed by atoms with Gasteiger partial charge in [0.05, 0.1) is 11.8 Å². The van der Waals surface area contributed by atoms with Crippen LogP contribution in [0.15, 0.2) is 48.5 Å². The van der Waals surface area contributed by atoms with E-state index in [2.05, 4.69) is 37.2 Å². The number of hydrogen-bond donors (Lipinski definition) is 1. The molecule has 0 spiro atoms. The first-order valence-corrected chi connectivity index (χ1v) is 13.2. The van der Waals surface area contributed by atoms with E-state index in [1.165, 1.54) is 4.90 Å². The Morgan fingerprint density at radius 1 is 1.06 bits per heavy atom. The van der Waals surface area contributed by atoms with Gasteiger partial charge in [-0.1, -0.05) is 79.9 Å². The Bertz CT molecular complexity index is 1100. The van der Waals surface area contributed by atoms with E-state index in [0.717, 1.165) is 17.5 Å². The third-order valence-electron chi connectivity index (χ3n) is 7.35. The molecule has 2 bridgehead atoms. The van der Waals surface area contributed by atoms with Crippen LogP contribution in [-0.2, 0) is 20.8 Å². The monoisotopic (exact) mass is 592 g/mol. The van der Waals surface area contributed by atoms with Crippen LogP contribution in [0.5, 0.6) is 0 Å². The Hall–Kier alpha value is -1.70. The molecule has 2 aromatic rings. The molecule has 172 valence electrons. The number of aryl methyl sites for hydroxylation is 1. The Morgan fingerprint density at radius 2 is 1.67 bits per heavy atom. The summed E-state index contributed by atoms with van der Waals surface area (Å²) >= 11 is 13.7. The lowest BCUT2D eigenvalue weighted by atomic mass is 9.81. The lowest BCUT2D eigenvalue weighted by Crippen LogP contribution is -2.49. The molecule has 7 atom stereocenters. The number of fused-ring (bicyclic) bond motifs is 5. The molecule has 5 rings (SSSR count). The maximum Gasteiger partial charge on any atom is 0.248 e. The van der Waals surface area contributed by atoms with E-state index in [1.54, 1.807) is 12.1 Å². The Kier molecular flexibility index (Phi) is 6.17. The van der Waals surface area contributed by atoms with Crippen LogP contribution < -0.4 is 5.32 Å². The van der Waals surface area contributed by atoms with E-state index in [1.807, 2.05) is 43.3 Å². The summed E-state index contributed by atoms with van der Waals surface area (Å²) in [7, 11) is 0. The number of carbonyl (C=O) groups is 3. The maximum absolute atomic E-state index is 13.6. The van der Waals surface area contributed by atoms with Crippen LogP contribution in [-0.4, -0.2) is 38.3 Å². The highest BCUT2D eigenvalue weighted by Crippen LogP contribution is 2.60. The number of hydrogen-bond acceptors (Lipinski definition) is 3. The largest absolute Gasteiger partial charge is 0.324 e. The highest BCUT2D eigenvalue weighted by Gasteiger charge is 2.67. The van der Waals surface area contributed by atoms with Crippen molar-refractivity contribution in [2.24, 2.45) is 23.7 Å². The summed E-state index contributed by atoms with van der Waals surface area (Å²) in [5, 5.41) is 3.42. The number of rotatable bonds is 5. The number of carbonyl (C=O) groups excluding carboxylic acids is 3. The second-order valence-electron chi connectivity index (χ2n) is 9.21. The van der Waals surface area contributed by atoms with Crippen LogP contribution in [0.4, 0.5) is 5.69 Å². The average molecular weight is 595 g/mol. The molecule has 8 heteroatoms. The Labute approximate surface area is 214 Å². The number of imide groups is 1. The minimum atomic E-state index is -0.931. The molecule has 3 aliphatic rings. The van der Waals surface area contributed by atoms with Crippen molar-refractivity contribution in [2.75, 3.05) is 5.32 Å². The highest BCUT2D eigenvalue weighted by atomic mass is 79.9. The first-order chi connectivity index (χ1) is 15.8. The molecule has 3 fully saturated rings. The van der Waals surface area contributed by atoms with Gasteiger partial charge in [-0.25, -0.2) is 0 Å². The molecule has 1 N–H and O–H groups in total. The van der Waals surface area contributed by atoms with Crippen LogP contribution in [0, 0.1) is 30.6 Å². The summed E-state index contributed by atoms with van der Waals surface area (Å²) in [4.78, 5) is 42.2. The zero-order valence-electron chi connectivity index (χ0n) is 17.9. The third-order valence-corrected chi connectivity index (χ3v) is 11.0. The summed E-state index contributed by atoms with van der Waals surface area (Å²) in [5.74, 6) is -1.36. The minimum Gasteiger partial charge on any atom is -0.324 e. The van der Waals surface area contributed by atoms with Gasteiger partial charge in [-0.2, -0.15) is 0 Å². The molecule has 3 amide bonds. The lowest BCUT2D eigenvalue weighted by Gasteiger charge is -2.28. The van der Waals surface area contributed by atoms with Crippen molar-refractivity contribution >= 4 is 66.9 Å². The van der Waals surface area contributed by atoms with Crippen molar-refractivity contribution in [2.45, 2.75) is 35.5 Å². The van der Waals surface area contributed by atoms with Crippen molar-refractivity contribution in [1.29, 1.82) is 0 Å². The summed E-state index contributed by atoms with van der Waals surface area (Å²) in [6.45, 7) is 1.88. The van der Waals surface area contributed by atoms with Gasteiger partial charge in [0.1, 0.15) is 6.04 Å². The van der Waals surface area contributed by atoms with Crippen LogP contribution in [0.25, 0.3) is 0 Å². The number of anilines is 1. The fourth-order valence-electron chi connectivity index (χ4n) is 5.71. The van der Waals surface area contributed by atoms with E-state index in [4.69, 9.17) is 11.6 Å². The number of nitrogens with zero attached hydrogens (tertiary/aromatic N) is 1. The molecule has 0 unspecified atom stereocenters. The number of halogens is 3. The molecule has 2 aliphatic carbocycles. The first kappa shape index (κ1) is 23.1. The molecule has 0 radical (unpaired) electrons. The van der Waals surface area contributed by atoms with Crippen molar-refractivity contribution in [3.05, 3.63) is 64.7 Å². The van der Waals surface area contributed by atoms with Gasteiger partial charge in [0.25, 0.3) is 0 Å². The van der Waals surface area contributed by atoms with Gasteiger partial charge in [-0.3, -0.25) is 19.3 Å². The third kappa shape index (κ3) is 3.86. The Morgan fingerprint density at radius 3 is 2.24 bits per heavy atom. The van der Waals surface area contributed by atoms with Crippen molar-refractivity contribution in [1.82, 2.24) is 4.90 Å². The van der Waals surface area contributed by atoms with Crippen molar-refractivity contribution < 1.29 is 14.4 Å². The number of benzene rings is 2.